The quantitative estimate of drug-likeness (QED) is 0.809. The lowest BCUT2D eigenvalue weighted by molar-refractivity contribution is -0.132. The highest BCUT2D eigenvalue weighted by molar-refractivity contribution is 5.76. The second-order valence-corrected chi connectivity index (χ2v) is 8.38. The molecule has 3 rings (SSSR count). The third-order valence-corrected chi connectivity index (χ3v) is 5.11. The first-order chi connectivity index (χ1) is 12.8. The SMILES string of the molecule is CN1CCN(C(=O)CCCc2nc(-c3ccc(C(C)(C)C)cc3)no2)CC1. The molecule has 0 saturated carbocycles. The molecular formula is C21H30N4O2. The van der Waals surface area contributed by atoms with Gasteiger partial charge >= 0.3 is 0 Å². The van der Waals surface area contributed by atoms with Crippen molar-refractivity contribution in [1.29, 1.82) is 0 Å². The van der Waals surface area contributed by atoms with Crippen LogP contribution in [0, 0.1) is 0 Å². The average Bonchev–Trinajstić information content (AvgIpc) is 3.10. The Morgan fingerprint density at radius 1 is 1.11 bits per heavy atom. The molecule has 6 nitrogen and oxygen atoms in total. The second kappa shape index (κ2) is 8.21. The molecule has 6 heteroatoms. The Morgan fingerprint density at radius 2 is 1.78 bits per heavy atom. The van der Waals surface area contributed by atoms with E-state index in [1.54, 1.807) is 0 Å². The number of carbonyl (C=O) groups is 1. The summed E-state index contributed by atoms with van der Waals surface area (Å²) in [5, 5.41) is 4.09. The van der Waals surface area contributed by atoms with Crippen LogP contribution < -0.4 is 0 Å². The summed E-state index contributed by atoms with van der Waals surface area (Å²) in [5.41, 5.74) is 2.35. The Kier molecular flexibility index (Phi) is 5.95. The molecular weight excluding hydrogens is 340 g/mol. The summed E-state index contributed by atoms with van der Waals surface area (Å²) < 4.78 is 5.37. The van der Waals surface area contributed by atoms with Gasteiger partial charge in [0.2, 0.25) is 17.6 Å². The summed E-state index contributed by atoms with van der Waals surface area (Å²) in [4.78, 5) is 21.0. The number of aryl methyl sites for hydroxylation is 1. The van der Waals surface area contributed by atoms with Gasteiger partial charge < -0.3 is 14.3 Å². The van der Waals surface area contributed by atoms with Gasteiger partial charge in [-0.2, -0.15) is 4.98 Å². The number of hydrogen-bond acceptors (Lipinski definition) is 5. The molecule has 0 bridgehead atoms. The fourth-order valence-electron chi connectivity index (χ4n) is 3.20. The number of aromatic nitrogens is 2. The van der Waals surface area contributed by atoms with E-state index in [0.29, 0.717) is 24.6 Å². The van der Waals surface area contributed by atoms with Crippen molar-refractivity contribution in [2.45, 2.75) is 45.4 Å². The van der Waals surface area contributed by atoms with Gasteiger partial charge in [0, 0.05) is 44.6 Å². The number of hydrogen-bond donors (Lipinski definition) is 0. The van der Waals surface area contributed by atoms with Crippen LogP contribution in [0.5, 0.6) is 0 Å². The molecule has 27 heavy (non-hydrogen) atoms. The Bertz CT molecular complexity index is 753. The highest BCUT2D eigenvalue weighted by Crippen LogP contribution is 2.25. The van der Waals surface area contributed by atoms with Crippen molar-refractivity contribution >= 4 is 5.91 Å². The summed E-state index contributed by atoms with van der Waals surface area (Å²) in [6, 6.07) is 8.29. The minimum Gasteiger partial charge on any atom is -0.340 e. The van der Waals surface area contributed by atoms with Crippen molar-refractivity contribution in [2.75, 3.05) is 33.2 Å². The molecule has 0 radical (unpaired) electrons. The number of likely N-dealkylation sites (N-methyl/N-ethyl adjacent to an activating group) is 1. The summed E-state index contributed by atoms with van der Waals surface area (Å²) in [6.45, 7) is 10.1. The number of piperazine rings is 1. The van der Waals surface area contributed by atoms with Crippen LogP contribution in [0.25, 0.3) is 11.4 Å². The van der Waals surface area contributed by atoms with Crippen LogP contribution in [0.4, 0.5) is 0 Å². The Hall–Kier alpha value is -2.21. The van der Waals surface area contributed by atoms with Crippen LogP contribution in [0.1, 0.15) is 45.1 Å². The molecule has 146 valence electrons. The number of amides is 1. The molecule has 1 fully saturated rings. The van der Waals surface area contributed by atoms with Gasteiger partial charge in [0.1, 0.15) is 0 Å². The number of rotatable bonds is 5. The van der Waals surface area contributed by atoms with Gasteiger partial charge in [0.15, 0.2) is 0 Å². The Labute approximate surface area is 161 Å². The predicted octanol–water partition coefficient (Wildman–Crippen LogP) is 3.13. The molecule has 2 heterocycles. The van der Waals surface area contributed by atoms with E-state index in [9.17, 15) is 4.79 Å². The second-order valence-electron chi connectivity index (χ2n) is 8.38. The summed E-state index contributed by atoms with van der Waals surface area (Å²) in [5.74, 6) is 1.42. The average molecular weight is 370 g/mol. The van der Waals surface area contributed by atoms with E-state index in [2.05, 4.69) is 55.0 Å². The smallest absolute Gasteiger partial charge is 0.226 e. The third-order valence-electron chi connectivity index (χ3n) is 5.11. The first kappa shape index (κ1) is 19.5. The fourth-order valence-corrected chi connectivity index (χ4v) is 3.20. The van der Waals surface area contributed by atoms with Gasteiger partial charge in [0.05, 0.1) is 0 Å². The third kappa shape index (κ3) is 5.16. The van der Waals surface area contributed by atoms with Crippen LogP contribution >= 0.6 is 0 Å². The molecule has 1 aromatic carbocycles. The van der Waals surface area contributed by atoms with E-state index >= 15 is 0 Å². The largest absolute Gasteiger partial charge is 0.340 e. The number of nitrogens with zero attached hydrogens (tertiary/aromatic N) is 4. The lowest BCUT2D eigenvalue weighted by Gasteiger charge is -2.32. The van der Waals surface area contributed by atoms with E-state index in [-0.39, 0.29) is 11.3 Å². The molecule has 1 aliphatic heterocycles. The molecule has 1 saturated heterocycles. The van der Waals surface area contributed by atoms with Crippen LogP contribution in [0.15, 0.2) is 28.8 Å². The van der Waals surface area contributed by atoms with E-state index in [1.807, 2.05) is 17.0 Å². The van der Waals surface area contributed by atoms with Crippen LogP contribution in [-0.4, -0.2) is 59.1 Å². The minimum absolute atomic E-state index is 0.122. The van der Waals surface area contributed by atoms with Gasteiger partial charge in [-0.1, -0.05) is 50.2 Å². The van der Waals surface area contributed by atoms with Crippen LogP contribution in [0.2, 0.25) is 0 Å². The van der Waals surface area contributed by atoms with Gasteiger partial charge in [-0.25, -0.2) is 0 Å². The predicted molar refractivity (Wildman–Crippen MR) is 105 cm³/mol. The number of carbonyl (C=O) groups excluding carboxylic acids is 1. The highest BCUT2D eigenvalue weighted by Gasteiger charge is 2.19. The molecule has 2 aromatic rings. The first-order valence-corrected chi connectivity index (χ1v) is 9.73. The topological polar surface area (TPSA) is 62.5 Å². The molecule has 1 amide bonds. The van der Waals surface area contributed by atoms with Crippen LogP contribution in [0.3, 0.4) is 0 Å². The van der Waals surface area contributed by atoms with Crippen molar-refractivity contribution in [1.82, 2.24) is 19.9 Å². The Balaban J connectivity index is 1.50. The van der Waals surface area contributed by atoms with Gasteiger partial charge in [-0.3, -0.25) is 4.79 Å². The summed E-state index contributed by atoms with van der Waals surface area (Å²) in [7, 11) is 2.09. The van der Waals surface area contributed by atoms with E-state index in [4.69, 9.17) is 4.52 Å². The zero-order chi connectivity index (χ0) is 19.4. The van der Waals surface area contributed by atoms with E-state index in [1.165, 1.54) is 5.56 Å². The van der Waals surface area contributed by atoms with Crippen LogP contribution in [-0.2, 0) is 16.6 Å². The molecule has 0 spiro atoms. The normalized spacial score (nSPS) is 15.9. The maximum absolute atomic E-state index is 12.3. The maximum Gasteiger partial charge on any atom is 0.226 e. The lowest BCUT2D eigenvalue weighted by Crippen LogP contribution is -2.47. The lowest BCUT2D eigenvalue weighted by atomic mass is 9.87. The van der Waals surface area contributed by atoms with Crippen molar-refractivity contribution in [2.24, 2.45) is 0 Å². The molecule has 0 N–H and O–H groups in total. The first-order valence-electron chi connectivity index (χ1n) is 9.73. The maximum atomic E-state index is 12.3. The zero-order valence-electron chi connectivity index (χ0n) is 16.9. The summed E-state index contributed by atoms with van der Waals surface area (Å²) in [6.07, 6.45) is 1.89. The van der Waals surface area contributed by atoms with Gasteiger partial charge in [0.25, 0.3) is 0 Å². The molecule has 0 atom stereocenters. The van der Waals surface area contributed by atoms with Gasteiger partial charge in [-0.05, 0) is 24.4 Å². The van der Waals surface area contributed by atoms with Crippen molar-refractivity contribution in [3.8, 4) is 11.4 Å². The minimum atomic E-state index is 0.122. The van der Waals surface area contributed by atoms with Crippen molar-refractivity contribution in [3.05, 3.63) is 35.7 Å². The van der Waals surface area contributed by atoms with E-state index in [0.717, 1.165) is 38.2 Å². The standard InChI is InChI=1S/C21H30N4O2/c1-21(2,3)17-10-8-16(9-11-17)20-22-18(27-23-20)6-5-7-19(26)25-14-12-24(4)13-15-25/h8-11H,5-7,12-15H2,1-4H3. The fraction of sp³-hybridized carbons (Fsp3) is 0.571. The number of benzene rings is 1. The molecule has 0 unspecified atom stereocenters. The van der Waals surface area contributed by atoms with Crippen molar-refractivity contribution < 1.29 is 9.32 Å². The monoisotopic (exact) mass is 370 g/mol. The zero-order valence-corrected chi connectivity index (χ0v) is 16.9. The summed E-state index contributed by atoms with van der Waals surface area (Å²) >= 11 is 0. The Morgan fingerprint density at radius 3 is 2.41 bits per heavy atom. The molecule has 0 aliphatic carbocycles. The molecule has 1 aromatic heterocycles. The highest BCUT2D eigenvalue weighted by atomic mass is 16.5. The van der Waals surface area contributed by atoms with E-state index < -0.39 is 0 Å². The van der Waals surface area contributed by atoms with Gasteiger partial charge in [-0.15, -0.1) is 0 Å². The van der Waals surface area contributed by atoms with Crippen molar-refractivity contribution in [3.63, 3.8) is 0 Å². The molecule has 1 aliphatic rings.